The van der Waals surface area contributed by atoms with Gasteiger partial charge in [0.15, 0.2) is 0 Å². The van der Waals surface area contributed by atoms with Crippen LogP contribution in [0.15, 0.2) is 72.9 Å². The minimum absolute atomic E-state index is 0.224. The third kappa shape index (κ3) is 4.83. The number of halogens is 1. The summed E-state index contributed by atoms with van der Waals surface area (Å²) in [7, 11) is 0. The predicted octanol–water partition coefficient (Wildman–Crippen LogP) is 4.95. The molecule has 0 atom stereocenters. The quantitative estimate of drug-likeness (QED) is 0.461. The number of hydrogen-bond acceptors (Lipinski definition) is 5. The molecule has 1 N–H and O–H groups in total. The van der Waals surface area contributed by atoms with Gasteiger partial charge < -0.3 is 10.1 Å². The van der Waals surface area contributed by atoms with Crippen molar-refractivity contribution in [2.24, 2.45) is 0 Å². The molecule has 2 aromatic heterocycles. The molecule has 1 amide bonds. The van der Waals surface area contributed by atoms with Crippen LogP contribution in [0.3, 0.4) is 0 Å². The molecule has 0 spiro atoms. The molecule has 144 valence electrons. The first-order valence-corrected chi connectivity index (χ1v) is 9.68. The lowest BCUT2D eigenvalue weighted by Gasteiger charge is -2.10. The number of pyridine rings is 1. The molecule has 2 heterocycles. The minimum Gasteiger partial charge on any atom is -0.439 e. The Morgan fingerprint density at radius 3 is 2.90 bits per heavy atom. The molecule has 0 aliphatic rings. The van der Waals surface area contributed by atoms with Gasteiger partial charge in [0, 0.05) is 30.4 Å². The van der Waals surface area contributed by atoms with Crippen molar-refractivity contribution in [2.75, 3.05) is 0 Å². The standard InChI is InChI=1S/C22H16FN3O2S/c23-16-6-3-7-17(13-16)28-22-15(5-4-12-24-22)14-25-20(27)10-11-21-26-18-8-1-2-9-19(18)29-21/h1-13H,14H2,(H,25,27)/b11-10+. The summed E-state index contributed by atoms with van der Waals surface area (Å²) in [6.07, 6.45) is 4.71. The van der Waals surface area contributed by atoms with Crippen LogP contribution in [-0.2, 0) is 11.3 Å². The number of ether oxygens (including phenoxy) is 1. The van der Waals surface area contributed by atoms with Gasteiger partial charge >= 0.3 is 0 Å². The Morgan fingerprint density at radius 1 is 1.14 bits per heavy atom. The van der Waals surface area contributed by atoms with Gasteiger partial charge in [0.05, 0.1) is 10.2 Å². The van der Waals surface area contributed by atoms with Crippen LogP contribution < -0.4 is 10.1 Å². The van der Waals surface area contributed by atoms with E-state index in [1.54, 1.807) is 36.5 Å². The average molecular weight is 405 g/mol. The molecule has 0 unspecified atom stereocenters. The first kappa shape index (κ1) is 18.8. The van der Waals surface area contributed by atoms with Crippen molar-refractivity contribution in [3.05, 3.63) is 89.3 Å². The lowest BCUT2D eigenvalue weighted by molar-refractivity contribution is -0.116. The van der Waals surface area contributed by atoms with E-state index in [1.165, 1.54) is 29.5 Å². The first-order valence-electron chi connectivity index (χ1n) is 8.86. The van der Waals surface area contributed by atoms with Gasteiger partial charge in [0.1, 0.15) is 16.6 Å². The van der Waals surface area contributed by atoms with Crippen LogP contribution in [-0.4, -0.2) is 15.9 Å². The van der Waals surface area contributed by atoms with Gasteiger partial charge in [-0.2, -0.15) is 0 Å². The van der Waals surface area contributed by atoms with Crippen LogP contribution in [0.1, 0.15) is 10.6 Å². The lowest BCUT2D eigenvalue weighted by atomic mass is 10.2. The van der Waals surface area contributed by atoms with Crippen LogP contribution in [0.5, 0.6) is 11.6 Å². The number of rotatable bonds is 6. The van der Waals surface area contributed by atoms with Gasteiger partial charge in [-0.25, -0.2) is 14.4 Å². The minimum atomic E-state index is -0.395. The summed E-state index contributed by atoms with van der Waals surface area (Å²) in [5.74, 6) is -0.00126. The molecule has 0 aliphatic carbocycles. The number of nitrogens with zero attached hydrogens (tertiary/aromatic N) is 2. The Kier molecular flexibility index (Phi) is 5.58. The van der Waals surface area contributed by atoms with Gasteiger partial charge in [-0.1, -0.05) is 24.3 Å². The number of hydrogen-bond donors (Lipinski definition) is 1. The smallest absolute Gasteiger partial charge is 0.244 e. The van der Waals surface area contributed by atoms with E-state index >= 15 is 0 Å². The zero-order valence-electron chi connectivity index (χ0n) is 15.2. The van der Waals surface area contributed by atoms with E-state index in [0.717, 1.165) is 15.2 Å². The molecule has 2 aromatic carbocycles. The third-order valence-electron chi connectivity index (χ3n) is 4.00. The number of thiazole rings is 1. The Labute approximate surface area is 170 Å². The number of aromatic nitrogens is 2. The van der Waals surface area contributed by atoms with Crippen molar-refractivity contribution < 1.29 is 13.9 Å². The van der Waals surface area contributed by atoms with Crippen LogP contribution in [0.25, 0.3) is 16.3 Å². The SMILES string of the molecule is O=C(/C=C/c1nc2ccccc2s1)NCc1cccnc1Oc1cccc(F)c1. The highest BCUT2D eigenvalue weighted by molar-refractivity contribution is 7.19. The number of nitrogens with one attached hydrogen (secondary N) is 1. The van der Waals surface area contributed by atoms with Gasteiger partial charge in [-0.3, -0.25) is 4.79 Å². The molecule has 4 aromatic rings. The molecule has 0 aliphatic heterocycles. The number of para-hydroxylation sites is 1. The normalized spacial score (nSPS) is 11.1. The van der Waals surface area contributed by atoms with Crippen molar-refractivity contribution in [1.82, 2.24) is 15.3 Å². The average Bonchev–Trinajstić information content (AvgIpc) is 3.15. The Morgan fingerprint density at radius 2 is 2.03 bits per heavy atom. The van der Waals surface area contributed by atoms with Crippen molar-refractivity contribution in [2.45, 2.75) is 6.54 Å². The number of carbonyl (C=O) groups is 1. The topological polar surface area (TPSA) is 64.1 Å². The van der Waals surface area contributed by atoms with Crippen molar-refractivity contribution in [1.29, 1.82) is 0 Å². The molecule has 7 heteroatoms. The lowest BCUT2D eigenvalue weighted by Crippen LogP contribution is -2.20. The summed E-state index contributed by atoms with van der Waals surface area (Å²) in [5.41, 5.74) is 1.59. The fourth-order valence-corrected chi connectivity index (χ4v) is 3.51. The molecular weight excluding hydrogens is 389 g/mol. The van der Waals surface area contributed by atoms with Crippen molar-refractivity contribution in [3.8, 4) is 11.6 Å². The summed E-state index contributed by atoms with van der Waals surface area (Å²) in [6, 6.07) is 17.2. The Bertz CT molecular complexity index is 1160. The largest absolute Gasteiger partial charge is 0.439 e. The fourth-order valence-electron chi connectivity index (χ4n) is 2.64. The molecular formula is C22H16FN3O2S. The van der Waals surface area contributed by atoms with Gasteiger partial charge in [-0.05, 0) is 36.4 Å². The van der Waals surface area contributed by atoms with E-state index in [1.807, 2.05) is 24.3 Å². The van der Waals surface area contributed by atoms with E-state index in [-0.39, 0.29) is 12.5 Å². The number of benzene rings is 2. The highest BCUT2D eigenvalue weighted by atomic mass is 32.1. The molecule has 5 nitrogen and oxygen atoms in total. The number of carbonyl (C=O) groups excluding carboxylic acids is 1. The zero-order chi connectivity index (χ0) is 20.1. The monoisotopic (exact) mass is 405 g/mol. The molecule has 4 rings (SSSR count). The van der Waals surface area contributed by atoms with Crippen LogP contribution >= 0.6 is 11.3 Å². The summed E-state index contributed by atoms with van der Waals surface area (Å²) in [4.78, 5) is 20.8. The third-order valence-corrected chi connectivity index (χ3v) is 5.00. The van der Waals surface area contributed by atoms with E-state index in [0.29, 0.717) is 17.2 Å². The van der Waals surface area contributed by atoms with Crippen molar-refractivity contribution >= 4 is 33.5 Å². The maximum absolute atomic E-state index is 13.3. The van der Waals surface area contributed by atoms with Crippen LogP contribution in [0.4, 0.5) is 4.39 Å². The first-order chi connectivity index (χ1) is 14.2. The van der Waals surface area contributed by atoms with Gasteiger partial charge in [0.2, 0.25) is 11.8 Å². The molecule has 0 bridgehead atoms. The molecule has 0 saturated heterocycles. The number of amides is 1. The summed E-state index contributed by atoms with van der Waals surface area (Å²) < 4.78 is 20.1. The van der Waals surface area contributed by atoms with Gasteiger partial charge in [-0.15, -0.1) is 11.3 Å². The second kappa shape index (κ2) is 8.62. The van der Waals surface area contributed by atoms with E-state index < -0.39 is 5.82 Å². The Hall–Kier alpha value is -3.58. The molecule has 29 heavy (non-hydrogen) atoms. The molecule has 0 saturated carbocycles. The molecule has 0 fully saturated rings. The van der Waals surface area contributed by atoms with Crippen LogP contribution in [0.2, 0.25) is 0 Å². The zero-order valence-corrected chi connectivity index (χ0v) is 16.0. The van der Waals surface area contributed by atoms with E-state index in [2.05, 4.69) is 15.3 Å². The van der Waals surface area contributed by atoms with Gasteiger partial charge in [0.25, 0.3) is 0 Å². The van der Waals surface area contributed by atoms with E-state index in [9.17, 15) is 9.18 Å². The fraction of sp³-hybridized carbons (Fsp3) is 0.0455. The second-order valence-corrected chi connectivity index (χ2v) is 7.16. The summed E-state index contributed by atoms with van der Waals surface area (Å²) >= 11 is 1.52. The maximum atomic E-state index is 13.3. The highest BCUT2D eigenvalue weighted by Gasteiger charge is 2.08. The second-order valence-electron chi connectivity index (χ2n) is 6.10. The molecule has 0 radical (unpaired) electrons. The Balaban J connectivity index is 1.40. The maximum Gasteiger partial charge on any atom is 0.244 e. The predicted molar refractivity (Wildman–Crippen MR) is 111 cm³/mol. The summed E-state index contributed by atoms with van der Waals surface area (Å²) in [6.45, 7) is 0.224. The van der Waals surface area contributed by atoms with Crippen molar-refractivity contribution in [3.63, 3.8) is 0 Å². The van der Waals surface area contributed by atoms with E-state index in [4.69, 9.17) is 4.74 Å². The number of fused-ring (bicyclic) bond motifs is 1. The van der Waals surface area contributed by atoms with Crippen LogP contribution in [0, 0.1) is 5.82 Å². The summed E-state index contributed by atoms with van der Waals surface area (Å²) in [5, 5.41) is 3.56. The highest BCUT2D eigenvalue weighted by Crippen LogP contribution is 2.24.